The van der Waals surface area contributed by atoms with Gasteiger partial charge in [-0.05, 0) is 18.8 Å². The summed E-state index contributed by atoms with van der Waals surface area (Å²) in [5.41, 5.74) is 0. The molecule has 2 nitrogen and oxygen atoms in total. The third kappa shape index (κ3) is 6.55. The second-order valence-electron chi connectivity index (χ2n) is 2.57. The quantitative estimate of drug-likeness (QED) is 0.670. The molecule has 66 valence electrons. The van der Waals surface area contributed by atoms with Crippen molar-refractivity contribution in [3.05, 3.63) is 0 Å². The SMILES string of the molecule is CCCCC(CC)C(=O)[O-].[Mo]. The number of hydrogen-bond donors (Lipinski definition) is 0. The minimum Gasteiger partial charge on any atom is -0.550 e. The topological polar surface area (TPSA) is 40.1 Å². The number of carboxylic acid groups (broad SMARTS) is 1. The van der Waals surface area contributed by atoms with Gasteiger partial charge in [0.25, 0.3) is 0 Å². The monoisotopic (exact) mass is 241 g/mol. The summed E-state index contributed by atoms with van der Waals surface area (Å²) in [6.07, 6.45) is 3.52. The summed E-state index contributed by atoms with van der Waals surface area (Å²) >= 11 is 0. The maximum absolute atomic E-state index is 10.3. The van der Waals surface area contributed by atoms with E-state index in [2.05, 4.69) is 6.92 Å². The predicted molar refractivity (Wildman–Crippen MR) is 38.3 cm³/mol. The van der Waals surface area contributed by atoms with Crippen molar-refractivity contribution < 1.29 is 31.0 Å². The summed E-state index contributed by atoms with van der Waals surface area (Å²) in [4.78, 5) is 10.3. The fourth-order valence-corrected chi connectivity index (χ4v) is 0.939. The van der Waals surface area contributed by atoms with Gasteiger partial charge in [0.1, 0.15) is 0 Å². The van der Waals surface area contributed by atoms with E-state index in [9.17, 15) is 9.90 Å². The molecule has 0 amide bonds. The van der Waals surface area contributed by atoms with E-state index in [1.165, 1.54) is 0 Å². The van der Waals surface area contributed by atoms with E-state index in [1.54, 1.807) is 0 Å². The van der Waals surface area contributed by atoms with Crippen molar-refractivity contribution in [3.8, 4) is 0 Å². The van der Waals surface area contributed by atoms with Gasteiger partial charge in [0.15, 0.2) is 0 Å². The van der Waals surface area contributed by atoms with Gasteiger partial charge in [0.05, 0.1) is 0 Å². The average Bonchev–Trinajstić information content (AvgIpc) is 1.89. The Morgan fingerprint density at radius 2 is 2.00 bits per heavy atom. The van der Waals surface area contributed by atoms with E-state index < -0.39 is 5.97 Å². The molecule has 0 N–H and O–H groups in total. The van der Waals surface area contributed by atoms with Crippen molar-refractivity contribution >= 4 is 5.97 Å². The molecule has 1 atom stereocenters. The van der Waals surface area contributed by atoms with E-state index >= 15 is 0 Å². The van der Waals surface area contributed by atoms with Crippen LogP contribution < -0.4 is 5.11 Å². The van der Waals surface area contributed by atoms with Gasteiger partial charge in [-0.25, -0.2) is 0 Å². The first-order valence-electron chi connectivity index (χ1n) is 3.93. The van der Waals surface area contributed by atoms with Crippen molar-refractivity contribution in [1.29, 1.82) is 0 Å². The van der Waals surface area contributed by atoms with Crippen LogP contribution >= 0.6 is 0 Å². The maximum Gasteiger partial charge on any atom is 0.0445 e. The fraction of sp³-hybridized carbons (Fsp3) is 0.875. The third-order valence-corrected chi connectivity index (χ3v) is 1.73. The smallest absolute Gasteiger partial charge is 0.0445 e. The van der Waals surface area contributed by atoms with E-state index in [0.717, 1.165) is 19.3 Å². The number of carboxylic acids is 1. The van der Waals surface area contributed by atoms with Gasteiger partial charge in [-0.2, -0.15) is 0 Å². The molecule has 0 rings (SSSR count). The zero-order chi connectivity index (χ0) is 7.98. The van der Waals surface area contributed by atoms with E-state index in [-0.39, 0.29) is 27.0 Å². The van der Waals surface area contributed by atoms with Crippen LogP contribution in [0.4, 0.5) is 0 Å². The molecular formula is C8H15MoO2-. The molecule has 0 aromatic heterocycles. The van der Waals surface area contributed by atoms with Crippen LogP contribution in [0.1, 0.15) is 39.5 Å². The molecule has 0 saturated heterocycles. The Bertz CT molecular complexity index is 104. The van der Waals surface area contributed by atoms with Crippen LogP contribution in [0.25, 0.3) is 0 Å². The first kappa shape index (κ1) is 13.7. The Balaban J connectivity index is 0. The van der Waals surface area contributed by atoms with Crippen LogP contribution in [-0.4, -0.2) is 5.97 Å². The first-order valence-corrected chi connectivity index (χ1v) is 3.93. The van der Waals surface area contributed by atoms with Crippen LogP contribution in [0.15, 0.2) is 0 Å². The molecule has 3 heteroatoms. The molecule has 0 aromatic carbocycles. The molecule has 0 aliphatic heterocycles. The zero-order valence-electron chi connectivity index (χ0n) is 7.13. The molecular weight excluding hydrogens is 224 g/mol. The standard InChI is InChI=1S/C8H16O2.Mo/c1-3-5-6-7(4-2)8(9)10;/h7H,3-6H2,1-2H3,(H,9,10);/p-1. The summed E-state index contributed by atoms with van der Waals surface area (Å²) in [5, 5.41) is 10.3. The minimum atomic E-state index is -0.893. The largest absolute Gasteiger partial charge is 0.550 e. The van der Waals surface area contributed by atoms with Gasteiger partial charge in [-0.15, -0.1) is 0 Å². The van der Waals surface area contributed by atoms with Gasteiger partial charge >= 0.3 is 0 Å². The Hall–Kier alpha value is 0.158. The first-order chi connectivity index (χ1) is 4.72. The molecule has 1 unspecified atom stereocenters. The van der Waals surface area contributed by atoms with E-state index in [1.807, 2.05) is 6.92 Å². The Morgan fingerprint density at radius 3 is 2.27 bits per heavy atom. The Morgan fingerprint density at radius 1 is 1.45 bits per heavy atom. The number of hydrogen-bond acceptors (Lipinski definition) is 2. The molecule has 0 aliphatic rings. The third-order valence-electron chi connectivity index (χ3n) is 1.73. The van der Waals surface area contributed by atoms with Crippen molar-refractivity contribution in [1.82, 2.24) is 0 Å². The summed E-state index contributed by atoms with van der Waals surface area (Å²) < 4.78 is 0. The van der Waals surface area contributed by atoms with Crippen molar-refractivity contribution in [2.45, 2.75) is 39.5 Å². The van der Waals surface area contributed by atoms with Crippen molar-refractivity contribution in [2.75, 3.05) is 0 Å². The number of carbonyl (C=O) groups is 1. The van der Waals surface area contributed by atoms with Gasteiger partial charge in [0.2, 0.25) is 0 Å². The van der Waals surface area contributed by atoms with Gasteiger partial charge in [-0.1, -0.05) is 26.7 Å². The van der Waals surface area contributed by atoms with E-state index in [0.29, 0.717) is 6.42 Å². The number of unbranched alkanes of at least 4 members (excludes halogenated alkanes) is 1. The molecule has 0 aliphatic carbocycles. The summed E-state index contributed by atoms with van der Waals surface area (Å²) in [6, 6.07) is 0. The second-order valence-corrected chi connectivity index (χ2v) is 2.57. The normalized spacial score (nSPS) is 11.8. The van der Waals surface area contributed by atoms with Gasteiger partial charge in [-0.3, -0.25) is 0 Å². The van der Waals surface area contributed by atoms with Crippen molar-refractivity contribution in [2.24, 2.45) is 5.92 Å². The van der Waals surface area contributed by atoms with Gasteiger partial charge < -0.3 is 9.90 Å². The maximum atomic E-state index is 10.3. The molecule has 0 aromatic rings. The Labute approximate surface area is 82.6 Å². The Kier molecular flexibility index (Phi) is 10.3. The number of aliphatic carboxylic acids is 1. The molecule has 0 fully saturated rings. The minimum absolute atomic E-state index is 0. The van der Waals surface area contributed by atoms with Crippen LogP contribution in [-0.2, 0) is 25.9 Å². The van der Waals surface area contributed by atoms with Crippen LogP contribution in [0.3, 0.4) is 0 Å². The van der Waals surface area contributed by atoms with Crippen LogP contribution in [0, 0.1) is 5.92 Å². The summed E-state index contributed by atoms with van der Waals surface area (Å²) in [5.74, 6) is -1.11. The molecule has 11 heavy (non-hydrogen) atoms. The molecule has 0 heterocycles. The summed E-state index contributed by atoms with van der Waals surface area (Å²) in [6.45, 7) is 3.94. The second kappa shape index (κ2) is 8.26. The van der Waals surface area contributed by atoms with E-state index in [4.69, 9.17) is 0 Å². The number of carbonyl (C=O) groups excluding carboxylic acids is 1. The van der Waals surface area contributed by atoms with Crippen LogP contribution in [0.5, 0.6) is 0 Å². The summed E-state index contributed by atoms with van der Waals surface area (Å²) in [7, 11) is 0. The fourth-order valence-electron chi connectivity index (χ4n) is 0.939. The molecule has 0 bridgehead atoms. The van der Waals surface area contributed by atoms with Gasteiger partial charge in [0, 0.05) is 27.0 Å². The number of rotatable bonds is 5. The molecule has 0 saturated carbocycles. The zero-order valence-corrected chi connectivity index (χ0v) is 9.14. The van der Waals surface area contributed by atoms with Crippen LogP contribution in [0.2, 0.25) is 0 Å². The predicted octanol–water partition coefficient (Wildman–Crippen LogP) is 0.950. The molecule has 0 radical (unpaired) electrons. The molecule has 0 spiro atoms. The van der Waals surface area contributed by atoms with Crippen molar-refractivity contribution in [3.63, 3.8) is 0 Å². The average molecular weight is 239 g/mol.